The Morgan fingerprint density at radius 1 is 0.667 bits per heavy atom. The first-order valence-electron chi connectivity index (χ1n) is 7.16. The fraction of sp³-hybridized carbons (Fsp3) is 0.286. The van der Waals surface area contributed by atoms with Gasteiger partial charge in [0.15, 0.2) is 17.5 Å². The smallest absolute Gasteiger partial charge is 0.460 e. The number of hydrogen-bond acceptors (Lipinski definition) is 3. The van der Waals surface area contributed by atoms with Crippen LogP contribution in [-0.4, -0.2) is 46.1 Å². The van der Waals surface area contributed by atoms with Gasteiger partial charge in [0.2, 0.25) is 11.6 Å². The summed E-state index contributed by atoms with van der Waals surface area (Å²) in [4.78, 5) is 21.5. The largest absolute Gasteiger partial charge is 0.477 e. The molecule has 0 aliphatic carbocycles. The molecule has 0 saturated carbocycles. The van der Waals surface area contributed by atoms with E-state index in [0.717, 1.165) is 0 Å². The number of carbonyl (C=O) groups is 2. The van der Waals surface area contributed by atoms with Gasteiger partial charge in [-0.2, -0.15) is 48.3 Å². The fourth-order valence-corrected chi connectivity index (χ4v) is 1.88. The third kappa shape index (κ3) is 4.22. The van der Waals surface area contributed by atoms with E-state index < -0.39 is 82.1 Å². The summed E-state index contributed by atoms with van der Waals surface area (Å²) in [5.74, 6) is -44.7. The highest BCUT2D eigenvalue weighted by molar-refractivity contribution is 5.95. The van der Waals surface area contributed by atoms with Crippen LogP contribution in [0.2, 0.25) is 0 Å². The molecule has 0 radical (unpaired) electrons. The van der Waals surface area contributed by atoms with Gasteiger partial charge in [0, 0.05) is 0 Å². The van der Waals surface area contributed by atoms with E-state index in [1.54, 1.807) is 0 Å². The maximum absolute atomic E-state index is 13.9. The van der Waals surface area contributed by atoms with Gasteiger partial charge in [-0.05, 0) is 0 Å². The Balaban J connectivity index is 3.77. The number of benzene rings is 1. The summed E-state index contributed by atoms with van der Waals surface area (Å²) in [6, 6.07) is -4.05. The second kappa shape index (κ2) is 8.25. The molecule has 0 bridgehead atoms. The fourth-order valence-electron chi connectivity index (χ4n) is 1.88. The van der Waals surface area contributed by atoms with E-state index in [1.165, 1.54) is 0 Å². The van der Waals surface area contributed by atoms with Crippen LogP contribution < -0.4 is 4.74 Å². The van der Waals surface area contributed by atoms with Crippen LogP contribution in [0.5, 0.6) is 5.75 Å². The van der Waals surface area contributed by atoms with Gasteiger partial charge in [-0.25, -0.2) is 22.8 Å². The molecule has 0 spiro atoms. The number of carboxylic acid groups (broad SMARTS) is 2. The van der Waals surface area contributed by atoms with Crippen molar-refractivity contribution >= 4 is 11.9 Å². The van der Waals surface area contributed by atoms with Crippen LogP contribution in [0.3, 0.4) is 0 Å². The van der Waals surface area contributed by atoms with Gasteiger partial charge in [0.25, 0.3) is 0 Å². The summed E-state index contributed by atoms with van der Waals surface area (Å²) in [5.41, 5.74) is -4.98. The molecule has 1 aromatic carbocycles. The van der Waals surface area contributed by atoms with Crippen molar-refractivity contribution in [3.63, 3.8) is 0 Å². The first-order chi connectivity index (χ1) is 14.6. The highest BCUT2D eigenvalue weighted by Crippen LogP contribution is 2.55. The lowest BCUT2D eigenvalue weighted by Crippen LogP contribution is -2.61. The molecule has 5 nitrogen and oxygen atoms in total. The standard InChI is InChI=1S/C14H2F14O5/c15-3-1(9(29)30)4(16)6(5(17)2(3)10(31)32)33-8(19)7(18)11(20,21)12(22,23)13(24,25)14(26,27)28/h(H,29,30)(H,31,32). The van der Waals surface area contributed by atoms with E-state index in [1.807, 2.05) is 0 Å². The lowest BCUT2D eigenvalue weighted by Gasteiger charge is -2.32. The van der Waals surface area contributed by atoms with E-state index in [9.17, 15) is 71.1 Å². The highest BCUT2D eigenvalue weighted by atomic mass is 19.4. The molecule has 186 valence electrons. The minimum atomic E-state index is -7.79. The van der Waals surface area contributed by atoms with Crippen LogP contribution >= 0.6 is 0 Å². The van der Waals surface area contributed by atoms with Crippen molar-refractivity contribution in [2.24, 2.45) is 0 Å². The molecule has 0 aliphatic rings. The molecule has 19 heteroatoms. The van der Waals surface area contributed by atoms with Crippen molar-refractivity contribution in [1.29, 1.82) is 0 Å². The van der Waals surface area contributed by atoms with Gasteiger partial charge in [-0.3, -0.25) is 0 Å². The van der Waals surface area contributed by atoms with Crippen LogP contribution in [0, 0.1) is 17.5 Å². The molecule has 0 amide bonds. The molecule has 33 heavy (non-hydrogen) atoms. The molecule has 0 atom stereocenters. The maximum Gasteiger partial charge on any atom is 0.460 e. The maximum atomic E-state index is 13.9. The van der Waals surface area contributed by atoms with Gasteiger partial charge in [-0.15, -0.1) is 0 Å². The second-order valence-corrected chi connectivity index (χ2v) is 5.54. The Bertz CT molecular complexity index is 985. The molecule has 0 unspecified atom stereocenters. The lowest BCUT2D eigenvalue weighted by molar-refractivity contribution is -0.392. The Labute approximate surface area is 169 Å². The molecule has 0 saturated heterocycles. The molecule has 1 rings (SSSR count). The summed E-state index contributed by atoms with van der Waals surface area (Å²) in [5, 5.41) is 17.1. The zero-order valence-electron chi connectivity index (χ0n) is 14.4. The van der Waals surface area contributed by atoms with Crippen LogP contribution in [0.1, 0.15) is 20.7 Å². The van der Waals surface area contributed by atoms with Crippen molar-refractivity contribution in [1.82, 2.24) is 0 Å². The number of halogens is 14. The van der Waals surface area contributed by atoms with E-state index in [2.05, 4.69) is 4.74 Å². The summed E-state index contributed by atoms with van der Waals surface area (Å²) in [6.45, 7) is 0. The first kappa shape index (κ1) is 27.8. The topological polar surface area (TPSA) is 83.8 Å². The predicted octanol–water partition coefficient (Wildman–Crippen LogP) is 5.46. The number of allylic oxidation sites excluding steroid dienone is 1. The van der Waals surface area contributed by atoms with Gasteiger partial charge in [0.1, 0.15) is 11.1 Å². The van der Waals surface area contributed by atoms with E-state index in [0.29, 0.717) is 0 Å². The Hall–Kier alpha value is -3.28. The summed E-state index contributed by atoms with van der Waals surface area (Å²) in [7, 11) is 0. The number of rotatable bonds is 7. The van der Waals surface area contributed by atoms with E-state index in [4.69, 9.17) is 10.2 Å². The van der Waals surface area contributed by atoms with Crippen molar-refractivity contribution in [2.45, 2.75) is 23.9 Å². The quantitative estimate of drug-likeness (QED) is 0.372. The van der Waals surface area contributed by atoms with Crippen LogP contribution in [0.25, 0.3) is 0 Å². The van der Waals surface area contributed by atoms with Crippen molar-refractivity contribution in [2.75, 3.05) is 0 Å². The van der Waals surface area contributed by atoms with Crippen molar-refractivity contribution in [3.05, 3.63) is 40.4 Å². The number of hydrogen-bond donors (Lipinski definition) is 2. The van der Waals surface area contributed by atoms with Gasteiger partial charge < -0.3 is 14.9 Å². The Morgan fingerprint density at radius 2 is 1.03 bits per heavy atom. The average Bonchev–Trinajstić information content (AvgIpc) is 2.62. The molecule has 0 heterocycles. The predicted molar refractivity (Wildman–Crippen MR) is 71.0 cm³/mol. The molecule has 0 fully saturated rings. The molecule has 0 aliphatic heterocycles. The number of alkyl halides is 9. The first-order valence-corrected chi connectivity index (χ1v) is 7.16. The van der Waals surface area contributed by atoms with Crippen molar-refractivity contribution < 1.29 is 86.0 Å². The van der Waals surface area contributed by atoms with Gasteiger partial charge in [-0.1, -0.05) is 0 Å². The summed E-state index contributed by atoms with van der Waals surface area (Å²) < 4.78 is 186. The number of aromatic carboxylic acids is 2. The monoisotopic (exact) mass is 516 g/mol. The van der Waals surface area contributed by atoms with Gasteiger partial charge >= 0.3 is 41.9 Å². The molecule has 1 aromatic rings. The Morgan fingerprint density at radius 3 is 1.33 bits per heavy atom. The van der Waals surface area contributed by atoms with E-state index >= 15 is 0 Å². The highest BCUT2D eigenvalue weighted by Gasteiger charge is 2.83. The molecule has 0 aromatic heterocycles. The lowest BCUT2D eigenvalue weighted by atomic mass is 10.0. The van der Waals surface area contributed by atoms with E-state index in [-0.39, 0.29) is 0 Å². The summed E-state index contributed by atoms with van der Waals surface area (Å²) in [6.07, 6.45) is -7.46. The van der Waals surface area contributed by atoms with Crippen molar-refractivity contribution in [3.8, 4) is 5.75 Å². The number of carboxylic acids is 2. The van der Waals surface area contributed by atoms with Gasteiger partial charge in [0.05, 0.1) is 0 Å². The number of ether oxygens (including phenoxy) is 1. The zero-order valence-corrected chi connectivity index (χ0v) is 14.4. The zero-order chi connectivity index (χ0) is 26.5. The molecule has 2 N–H and O–H groups in total. The van der Waals surface area contributed by atoms with Crippen LogP contribution in [0.15, 0.2) is 11.8 Å². The average molecular weight is 516 g/mol. The third-order valence-corrected chi connectivity index (χ3v) is 3.49. The minimum Gasteiger partial charge on any atom is -0.477 e. The van der Waals surface area contributed by atoms with Crippen LogP contribution in [0.4, 0.5) is 61.5 Å². The van der Waals surface area contributed by atoms with Crippen LogP contribution in [-0.2, 0) is 0 Å². The third-order valence-electron chi connectivity index (χ3n) is 3.49. The minimum absolute atomic E-state index is 2.49. The molecular formula is C14H2F14O5. The second-order valence-electron chi connectivity index (χ2n) is 5.54. The normalized spacial score (nSPS) is 14.1. The molecular weight excluding hydrogens is 514 g/mol. The SMILES string of the molecule is O=C(O)c1c(F)c(OC(F)=C(F)C(F)(F)C(F)(F)C(F)(F)C(F)(F)F)c(F)c(C(=O)O)c1F. The Kier molecular flexibility index (Phi) is 6.94. The summed E-state index contributed by atoms with van der Waals surface area (Å²) >= 11 is 0.